The van der Waals surface area contributed by atoms with Crippen LogP contribution in [0.4, 0.5) is 96.6 Å². The zero-order valence-electron chi connectivity index (χ0n) is 13.8. The van der Waals surface area contributed by atoms with Gasteiger partial charge in [0.1, 0.15) is 0 Å². The Bertz CT molecular complexity index is 648. The second kappa shape index (κ2) is 7.46. The third-order valence-corrected chi connectivity index (χ3v) is 3.39. The van der Waals surface area contributed by atoms with Crippen molar-refractivity contribution in [2.75, 3.05) is 0 Å². The van der Waals surface area contributed by atoms with E-state index < -0.39 is 65.3 Å². The average Bonchev–Trinajstić information content (AvgIpc) is 2.50. The van der Waals surface area contributed by atoms with Crippen molar-refractivity contribution in [1.29, 1.82) is 0 Å². The maximum Gasteiger partial charge on any atom is 0.460 e. The first kappa shape index (κ1) is 31.4. The lowest BCUT2D eigenvalue weighted by molar-refractivity contribution is -0.448. The van der Waals surface area contributed by atoms with Crippen LogP contribution in [0.2, 0.25) is 0 Å². The Kier molecular flexibility index (Phi) is 7.10. The summed E-state index contributed by atoms with van der Waals surface area (Å²) < 4.78 is 276. The molecule has 0 rings (SSSR count). The van der Waals surface area contributed by atoms with Crippen molar-refractivity contribution in [3.63, 3.8) is 0 Å². The number of halogens is 22. The molecule has 0 bridgehead atoms. The van der Waals surface area contributed by atoms with E-state index in [0.29, 0.717) is 0 Å². The van der Waals surface area contributed by atoms with Crippen molar-refractivity contribution >= 4 is 0 Å². The summed E-state index contributed by atoms with van der Waals surface area (Å²) in [5.74, 6) is -50.8. The standard InChI is InChI=1S/C10HF22N/c11-1(12,3(15,16)7(23,24)25)5(19,20)9(29,30)33-10(31,32)6(21,22)2(13,14)4(17,18)8(26,27)28/h33H. The van der Waals surface area contributed by atoms with E-state index in [0.717, 1.165) is 0 Å². The van der Waals surface area contributed by atoms with Gasteiger partial charge in [-0.2, -0.15) is 102 Å². The van der Waals surface area contributed by atoms with E-state index >= 15 is 0 Å². The maximum atomic E-state index is 13.1. The van der Waals surface area contributed by atoms with Gasteiger partial charge >= 0.3 is 60.0 Å². The zero-order valence-corrected chi connectivity index (χ0v) is 13.8. The zero-order chi connectivity index (χ0) is 27.7. The van der Waals surface area contributed by atoms with E-state index in [-0.39, 0.29) is 0 Å². The fourth-order valence-corrected chi connectivity index (χ4v) is 1.50. The summed E-state index contributed by atoms with van der Waals surface area (Å²) in [6, 6.07) is -16.5. The van der Waals surface area contributed by atoms with Gasteiger partial charge in [-0.15, -0.1) is 0 Å². The van der Waals surface area contributed by atoms with Crippen LogP contribution in [0.1, 0.15) is 0 Å². The molecular weight excluding hydrogens is 552 g/mol. The highest BCUT2D eigenvalue weighted by Crippen LogP contribution is 2.60. The van der Waals surface area contributed by atoms with Crippen LogP contribution in [0.15, 0.2) is 0 Å². The molecule has 0 amide bonds. The highest BCUT2D eigenvalue weighted by atomic mass is 19.4. The molecule has 1 N–H and O–H groups in total. The topological polar surface area (TPSA) is 12.0 Å². The number of hydrogen-bond donors (Lipinski definition) is 1. The minimum absolute atomic E-state index is 2.26. The third kappa shape index (κ3) is 4.21. The van der Waals surface area contributed by atoms with Crippen molar-refractivity contribution < 1.29 is 96.6 Å². The molecule has 0 saturated heterocycles. The molecule has 0 aliphatic heterocycles. The summed E-state index contributed by atoms with van der Waals surface area (Å²) in [6.07, 6.45) is -15.7. The van der Waals surface area contributed by atoms with Gasteiger partial charge in [-0.1, -0.05) is 0 Å². The molecule has 0 aromatic rings. The van der Waals surface area contributed by atoms with Gasteiger partial charge in [0.15, 0.2) is 0 Å². The predicted octanol–water partition coefficient (Wildman–Crippen LogP) is 6.70. The molecule has 0 aliphatic carbocycles. The molecular formula is C10HF22N. The van der Waals surface area contributed by atoms with Gasteiger partial charge in [-0.05, 0) is 0 Å². The Hall–Kier alpha value is -1.58. The molecule has 0 aromatic heterocycles. The number of hydrogen-bond acceptors (Lipinski definition) is 1. The molecule has 0 radical (unpaired) electrons. The molecule has 0 aromatic carbocycles. The average molecular weight is 553 g/mol. The Morgan fingerprint density at radius 3 is 0.576 bits per heavy atom. The Morgan fingerprint density at radius 2 is 0.424 bits per heavy atom. The first-order chi connectivity index (χ1) is 13.7. The molecule has 0 fully saturated rings. The van der Waals surface area contributed by atoms with Crippen LogP contribution < -0.4 is 5.32 Å². The van der Waals surface area contributed by atoms with Crippen molar-refractivity contribution in [1.82, 2.24) is 5.32 Å². The van der Waals surface area contributed by atoms with Crippen LogP contribution in [0, 0.1) is 0 Å². The van der Waals surface area contributed by atoms with Gasteiger partial charge in [-0.3, -0.25) is 0 Å². The van der Waals surface area contributed by atoms with Gasteiger partial charge < -0.3 is 0 Å². The normalized spacial score (nSPS) is 16.9. The first-order valence-electron chi connectivity index (χ1n) is 6.66. The summed E-state index contributed by atoms with van der Waals surface area (Å²) in [7, 11) is 0. The molecule has 200 valence electrons. The fraction of sp³-hybridized carbons (Fsp3) is 1.00. The van der Waals surface area contributed by atoms with E-state index in [1.54, 1.807) is 0 Å². The lowest BCUT2D eigenvalue weighted by atomic mass is 9.99. The van der Waals surface area contributed by atoms with Gasteiger partial charge in [-0.25, -0.2) is 0 Å². The van der Waals surface area contributed by atoms with Crippen molar-refractivity contribution in [2.24, 2.45) is 0 Å². The SMILES string of the molecule is FC(F)(F)C(F)(F)C(F)(F)C(F)(F)C(F)(F)NC(F)(F)C(F)(F)C(F)(F)C(F)(F)C(F)(F)F. The predicted molar refractivity (Wildman–Crippen MR) is 54.8 cm³/mol. The number of rotatable bonds is 8. The molecule has 0 aliphatic rings. The van der Waals surface area contributed by atoms with Gasteiger partial charge in [0.25, 0.3) is 0 Å². The van der Waals surface area contributed by atoms with Crippen molar-refractivity contribution in [3.05, 3.63) is 0 Å². The highest BCUT2D eigenvalue weighted by molar-refractivity contribution is 5.10. The van der Waals surface area contributed by atoms with E-state index in [1.807, 2.05) is 0 Å². The van der Waals surface area contributed by atoms with Crippen molar-refractivity contribution in [3.8, 4) is 0 Å². The summed E-state index contributed by atoms with van der Waals surface area (Å²) in [5, 5.41) is -2.26. The van der Waals surface area contributed by atoms with Gasteiger partial charge in [0, 0.05) is 0 Å². The van der Waals surface area contributed by atoms with E-state index in [4.69, 9.17) is 0 Å². The molecule has 23 heteroatoms. The fourth-order valence-electron chi connectivity index (χ4n) is 1.50. The molecule has 0 atom stereocenters. The first-order valence-corrected chi connectivity index (χ1v) is 6.66. The van der Waals surface area contributed by atoms with E-state index in [2.05, 4.69) is 0 Å². The van der Waals surface area contributed by atoms with Crippen LogP contribution in [0.25, 0.3) is 0 Å². The second-order valence-corrected chi connectivity index (χ2v) is 5.72. The Morgan fingerprint density at radius 1 is 0.242 bits per heavy atom. The molecule has 0 unspecified atom stereocenters. The number of nitrogens with one attached hydrogen (secondary N) is 1. The van der Waals surface area contributed by atoms with Crippen molar-refractivity contribution in [2.45, 2.75) is 60.0 Å². The second-order valence-electron chi connectivity index (χ2n) is 5.72. The molecule has 33 heavy (non-hydrogen) atoms. The maximum absolute atomic E-state index is 13.1. The van der Waals surface area contributed by atoms with Gasteiger partial charge in [0.05, 0.1) is 0 Å². The Balaban J connectivity index is 6.59. The van der Waals surface area contributed by atoms with Crippen LogP contribution in [-0.2, 0) is 0 Å². The Labute approximate surface area is 163 Å². The quantitative estimate of drug-likeness (QED) is 0.261. The minimum atomic E-state index is -8.57. The summed E-state index contributed by atoms with van der Waals surface area (Å²) in [4.78, 5) is 0. The van der Waals surface area contributed by atoms with Gasteiger partial charge in [0.2, 0.25) is 0 Å². The smallest absolute Gasteiger partial charge is 0.192 e. The largest absolute Gasteiger partial charge is 0.460 e. The molecule has 0 heterocycles. The lowest BCUT2D eigenvalue weighted by Gasteiger charge is -2.41. The molecule has 1 nitrogen and oxygen atoms in total. The molecule has 0 spiro atoms. The summed E-state index contributed by atoms with van der Waals surface area (Å²) >= 11 is 0. The third-order valence-electron chi connectivity index (χ3n) is 3.39. The monoisotopic (exact) mass is 553 g/mol. The number of alkyl halides is 22. The van der Waals surface area contributed by atoms with E-state index in [9.17, 15) is 96.6 Å². The van der Waals surface area contributed by atoms with Crippen LogP contribution in [0.3, 0.4) is 0 Å². The lowest BCUT2D eigenvalue weighted by Crippen LogP contribution is -2.76. The summed E-state index contributed by atoms with van der Waals surface area (Å²) in [5.41, 5.74) is 0. The van der Waals surface area contributed by atoms with Crippen LogP contribution in [-0.4, -0.2) is 60.0 Å². The minimum Gasteiger partial charge on any atom is -0.192 e. The van der Waals surface area contributed by atoms with Crippen LogP contribution in [0.5, 0.6) is 0 Å². The summed E-state index contributed by atoms with van der Waals surface area (Å²) in [6.45, 7) is 0. The molecule has 0 saturated carbocycles. The van der Waals surface area contributed by atoms with Crippen LogP contribution >= 0.6 is 0 Å². The highest BCUT2D eigenvalue weighted by Gasteiger charge is 2.91. The van der Waals surface area contributed by atoms with E-state index in [1.165, 1.54) is 0 Å².